The molecule has 1 fully saturated rings. The molecule has 1 saturated heterocycles. The summed E-state index contributed by atoms with van der Waals surface area (Å²) in [6.07, 6.45) is -0.596. The van der Waals surface area contributed by atoms with Crippen LogP contribution < -0.4 is 0 Å². The molecule has 90 valence electrons. The van der Waals surface area contributed by atoms with Gasteiger partial charge in [-0.1, -0.05) is 30.3 Å². The number of benzene rings is 2. The predicted molar refractivity (Wildman–Crippen MR) is 64.8 cm³/mol. The Hall–Kier alpha value is -2.00. The Morgan fingerprint density at radius 1 is 1.00 bits per heavy atom. The van der Waals surface area contributed by atoms with Crippen LogP contribution in [0.2, 0.25) is 0 Å². The minimum absolute atomic E-state index is 0.0937. The molecule has 0 spiro atoms. The molecule has 2 atom stereocenters. The van der Waals surface area contributed by atoms with Gasteiger partial charge in [0.2, 0.25) is 0 Å². The number of carbonyl (C=O) groups is 1. The quantitative estimate of drug-likeness (QED) is 0.611. The van der Waals surface area contributed by atoms with Crippen LogP contribution in [0.15, 0.2) is 54.6 Å². The van der Waals surface area contributed by atoms with Gasteiger partial charge in [0.15, 0.2) is 11.9 Å². The summed E-state index contributed by atoms with van der Waals surface area (Å²) in [6, 6.07) is 15.2. The molecule has 1 heterocycles. The highest BCUT2D eigenvalue weighted by Crippen LogP contribution is 2.40. The number of Topliss-reactive ketones (excluding diaryl/α,β-unsaturated/α-hetero) is 1. The van der Waals surface area contributed by atoms with Gasteiger partial charge in [0.05, 0.1) is 0 Å². The minimum atomic E-state index is -0.433. The second-order valence-corrected chi connectivity index (χ2v) is 4.26. The summed E-state index contributed by atoms with van der Waals surface area (Å²) in [5.41, 5.74) is 1.48. The highest BCUT2D eigenvalue weighted by molar-refractivity contribution is 6.01. The first-order chi connectivity index (χ1) is 8.75. The third kappa shape index (κ3) is 2.05. The summed E-state index contributed by atoms with van der Waals surface area (Å²) in [7, 11) is 0. The fraction of sp³-hybridized carbons (Fsp3) is 0.133. The maximum atomic E-state index is 12.8. The zero-order valence-corrected chi connectivity index (χ0v) is 9.55. The molecule has 1 aliphatic heterocycles. The maximum Gasteiger partial charge on any atom is 0.194 e. The highest BCUT2D eigenvalue weighted by Gasteiger charge is 2.45. The highest BCUT2D eigenvalue weighted by atomic mass is 19.1. The van der Waals surface area contributed by atoms with Crippen LogP contribution in [0.25, 0.3) is 0 Å². The maximum absolute atomic E-state index is 12.8. The summed E-state index contributed by atoms with van der Waals surface area (Å²) in [5, 5.41) is 0. The summed E-state index contributed by atoms with van der Waals surface area (Å²) in [5.74, 6) is -0.438. The molecule has 1 aliphatic rings. The molecule has 0 N–H and O–H groups in total. The molecular weight excluding hydrogens is 231 g/mol. The standard InChI is InChI=1S/C15H11FO2/c16-12-8-6-10(7-9-12)13(17)15-14(18-15)11-4-2-1-3-5-11/h1-9,14-15H/t14-,15+/m0/s1. The zero-order valence-electron chi connectivity index (χ0n) is 9.55. The van der Waals surface area contributed by atoms with Crippen LogP contribution in [0.5, 0.6) is 0 Å². The predicted octanol–water partition coefficient (Wildman–Crippen LogP) is 3.15. The van der Waals surface area contributed by atoms with Gasteiger partial charge in [-0.05, 0) is 29.8 Å². The van der Waals surface area contributed by atoms with Crippen LogP contribution in [0.3, 0.4) is 0 Å². The van der Waals surface area contributed by atoms with E-state index in [1.54, 1.807) is 0 Å². The van der Waals surface area contributed by atoms with E-state index in [-0.39, 0.29) is 17.7 Å². The molecule has 2 aromatic carbocycles. The lowest BCUT2D eigenvalue weighted by atomic mass is 10.0. The van der Waals surface area contributed by atoms with Crippen LogP contribution in [-0.4, -0.2) is 11.9 Å². The lowest BCUT2D eigenvalue weighted by molar-refractivity contribution is 0.0953. The van der Waals surface area contributed by atoms with Crippen molar-refractivity contribution in [1.29, 1.82) is 0 Å². The summed E-state index contributed by atoms with van der Waals surface area (Å²) >= 11 is 0. The van der Waals surface area contributed by atoms with Crippen LogP contribution in [0.4, 0.5) is 4.39 Å². The van der Waals surface area contributed by atoms with Gasteiger partial charge >= 0.3 is 0 Å². The van der Waals surface area contributed by atoms with Crippen molar-refractivity contribution in [2.75, 3.05) is 0 Å². The average Bonchev–Trinajstić information content (AvgIpc) is 3.20. The van der Waals surface area contributed by atoms with Crippen molar-refractivity contribution >= 4 is 5.78 Å². The van der Waals surface area contributed by atoms with E-state index in [2.05, 4.69) is 0 Å². The number of hydrogen-bond donors (Lipinski definition) is 0. The van der Waals surface area contributed by atoms with Crippen LogP contribution in [0.1, 0.15) is 22.0 Å². The Bertz CT molecular complexity index is 563. The first-order valence-corrected chi connectivity index (χ1v) is 5.76. The first-order valence-electron chi connectivity index (χ1n) is 5.76. The third-order valence-corrected chi connectivity index (χ3v) is 3.01. The molecule has 0 amide bonds. The van der Waals surface area contributed by atoms with Gasteiger partial charge in [-0.25, -0.2) is 4.39 Å². The van der Waals surface area contributed by atoms with E-state index in [0.717, 1.165) is 5.56 Å². The van der Waals surface area contributed by atoms with Gasteiger partial charge in [-0.15, -0.1) is 0 Å². The van der Waals surface area contributed by atoms with Crippen molar-refractivity contribution in [2.24, 2.45) is 0 Å². The Labute approximate surface area is 104 Å². The monoisotopic (exact) mass is 242 g/mol. The Kier molecular flexibility index (Phi) is 2.68. The number of carbonyl (C=O) groups excluding carboxylic acids is 1. The Balaban J connectivity index is 1.75. The van der Waals surface area contributed by atoms with Crippen molar-refractivity contribution in [2.45, 2.75) is 12.2 Å². The number of halogens is 1. The lowest BCUT2D eigenvalue weighted by Gasteiger charge is -1.97. The van der Waals surface area contributed by atoms with Gasteiger partial charge < -0.3 is 4.74 Å². The van der Waals surface area contributed by atoms with Gasteiger partial charge in [-0.2, -0.15) is 0 Å². The molecule has 0 saturated carbocycles. The number of ketones is 1. The van der Waals surface area contributed by atoms with Crippen molar-refractivity contribution in [3.8, 4) is 0 Å². The zero-order chi connectivity index (χ0) is 12.5. The molecule has 0 unspecified atom stereocenters. The molecule has 0 radical (unpaired) electrons. The lowest BCUT2D eigenvalue weighted by Crippen LogP contribution is -2.08. The molecule has 2 aromatic rings. The normalized spacial score (nSPS) is 21.6. The first kappa shape index (κ1) is 11.1. The van der Waals surface area contributed by atoms with Crippen molar-refractivity contribution in [3.63, 3.8) is 0 Å². The van der Waals surface area contributed by atoms with E-state index in [4.69, 9.17) is 4.74 Å². The van der Waals surface area contributed by atoms with Crippen molar-refractivity contribution in [3.05, 3.63) is 71.5 Å². The van der Waals surface area contributed by atoms with E-state index in [9.17, 15) is 9.18 Å². The van der Waals surface area contributed by atoms with E-state index in [1.807, 2.05) is 30.3 Å². The molecule has 3 rings (SSSR count). The number of rotatable bonds is 3. The third-order valence-electron chi connectivity index (χ3n) is 3.01. The van der Waals surface area contributed by atoms with Crippen LogP contribution in [0, 0.1) is 5.82 Å². The summed E-state index contributed by atoms with van der Waals surface area (Å²) in [4.78, 5) is 12.1. The van der Waals surface area contributed by atoms with E-state index >= 15 is 0 Å². The van der Waals surface area contributed by atoms with E-state index < -0.39 is 6.10 Å². The fourth-order valence-corrected chi connectivity index (χ4v) is 1.99. The summed E-state index contributed by atoms with van der Waals surface area (Å²) < 4.78 is 18.2. The average molecular weight is 242 g/mol. The number of epoxide rings is 1. The van der Waals surface area contributed by atoms with Gasteiger partial charge in [0.25, 0.3) is 0 Å². The second-order valence-electron chi connectivity index (χ2n) is 4.26. The van der Waals surface area contributed by atoms with Crippen LogP contribution >= 0.6 is 0 Å². The molecular formula is C15H11FO2. The van der Waals surface area contributed by atoms with Gasteiger partial charge in [0.1, 0.15) is 11.9 Å². The minimum Gasteiger partial charge on any atom is -0.356 e. The Morgan fingerprint density at radius 3 is 2.33 bits per heavy atom. The topological polar surface area (TPSA) is 29.6 Å². The van der Waals surface area contributed by atoms with Crippen molar-refractivity contribution in [1.82, 2.24) is 0 Å². The van der Waals surface area contributed by atoms with Gasteiger partial charge in [-0.3, -0.25) is 4.79 Å². The number of hydrogen-bond acceptors (Lipinski definition) is 2. The smallest absolute Gasteiger partial charge is 0.194 e. The molecule has 0 aromatic heterocycles. The fourth-order valence-electron chi connectivity index (χ4n) is 1.99. The van der Waals surface area contributed by atoms with Gasteiger partial charge in [0, 0.05) is 5.56 Å². The molecule has 0 aliphatic carbocycles. The summed E-state index contributed by atoms with van der Waals surface area (Å²) in [6.45, 7) is 0. The molecule has 18 heavy (non-hydrogen) atoms. The molecule has 2 nitrogen and oxygen atoms in total. The Morgan fingerprint density at radius 2 is 1.67 bits per heavy atom. The second kappa shape index (κ2) is 4.35. The van der Waals surface area contributed by atoms with Crippen LogP contribution in [-0.2, 0) is 4.74 Å². The van der Waals surface area contributed by atoms with E-state index in [1.165, 1.54) is 24.3 Å². The molecule has 3 heteroatoms. The number of ether oxygens (including phenoxy) is 1. The van der Waals surface area contributed by atoms with E-state index in [0.29, 0.717) is 5.56 Å². The largest absolute Gasteiger partial charge is 0.356 e. The van der Waals surface area contributed by atoms with Crippen molar-refractivity contribution < 1.29 is 13.9 Å². The molecule has 0 bridgehead atoms. The SMILES string of the molecule is O=C(c1ccc(F)cc1)[C@H]1O[C@H]1c1ccccc1.